The van der Waals surface area contributed by atoms with Crippen LogP contribution in [0.15, 0.2) is 18.2 Å². The van der Waals surface area contributed by atoms with Gasteiger partial charge in [0.15, 0.2) is 0 Å². The van der Waals surface area contributed by atoms with Crippen LogP contribution in [-0.2, 0) is 14.3 Å². The number of rotatable bonds is 4. The van der Waals surface area contributed by atoms with Crippen LogP contribution in [0.5, 0.6) is 5.75 Å². The van der Waals surface area contributed by atoms with Crippen molar-refractivity contribution in [2.45, 2.75) is 20.0 Å². The molecule has 114 valence electrons. The van der Waals surface area contributed by atoms with E-state index in [-0.39, 0.29) is 24.6 Å². The first-order valence-electron chi connectivity index (χ1n) is 6.36. The number of methoxy groups -OCH3 is 1. The Morgan fingerprint density at radius 3 is 2.76 bits per heavy atom. The molecule has 1 atom stereocenters. The van der Waals surface area contributed by atoms with Crippen molar-refractivity contribution < 1.29 is 27.8 Å². The summed E-state index contributed by atoms with van der Waals surface area (Å²) in [5.41, 5.74) is 0.961. The number of carbonyl (C=O) groups is 2. The Balaban J connectivity index is 2.22. The van der Waals surface area contributed by atoms with E-state index in [1.165, 1.54) is 18.1 Å². The highest BCUT2D eigenvalue weighted by Gasteiger charge is 2.36. The lowest BCUT2D eigenvalue weighted by Gasteiger charge is -2.18. The number of ether oxygens (including phenoxy) is 2. The SMILES string of the molecule is COC(=O)C1CC(=O)N(c2ccc(C)c(OC(F)F)c2)C1. The normalized spacial score (nSPS) is 18.2. The number of hydrogen-bond donors (Lipinski definition) is 0. The molecule has 0 spiro atoms. The van der Waals surface area contributed by atoms with Crippen LogP contribution < -0.4 is 9.64 Å². The number of anilines is 1. The number of nitrogens with zero attached hydrogens (tertiary/aromatic N) is 1. The summed E-state index contributed by atoms with van der Waals surface area (Å²) in [6.45, 7) is -1.14. The smallest absolute Gasteiger partial charge is 0.387 e. The monoisotopic (exact) mass is 299 g/mol. The molecule has 0 saturated carbocycles. The van der Waals surface area contributed by atoms with Crippen LogP contribution in [0.1, 0.15) is 12.0 Å². The molecule has 1 heterocycles. The van der Waals surface area contributed by atoms with E-state index in [4.69, 9.17) is 0 Å². The average Bonchev–Trinajstić information content (AvgIpc) is 2.82. The van der Waals surface area contributed by atoms with Crippen molar-refractivity contribution in [2.24, 2.45) is 5.92 Å². The molecule has 21 heavy (non-hydrogen) atoms. The number of alkyl halides is 2. The molecule has 0 radical (unpaired) electrons. The zero-order valence-corrected chi connectivity index (χ0v) is 11.6. The van der Waals surface area contributed by atoms with E-state index in [1.807, 2.05) is 0 Å². The molecule has 7 heteroatoms. The summed E-state index contributed by atoms with van der Waals surface area (Å²) in [4.78, 5) is 24.8. The lowest BCUT2D eigenvalue weighted by Crippen LogP contribution is -2.26. The predicted octanol–water partition coefficient (Wildman–Crippen LogP) is 2.12. The Bertz CT molecular complexity index is 562. The van der Waals surface area contributed by atoms with E-state index < -0.39 is 18.5 Å². The predicted molar refractivity (Wildman–Crippen MR) is 70.3 cm³/mol. The van der Waals surface area contributed by atoms with Crippen LogP contribution in [0.3, 0.4) is 0 Å². The third-order valence-corrected chi connectivity index (χ3v) is 3.36. The van der Waals surface area contributed by atoms with Gasteiger partial charge in [-0.3, -0.25) is 9.59 Å². The highest BCUT2D eigenvalue weighted by molar-refractivity contribution is 5.99. The summed E-state index contributed by atoms with van der Waals surface area (Å²) in [5, 5.41) is 0. The van der Waals surface area contributed by atoms with Crippen molar-refractivity contribution in [3.8, 4) is 5.75 Å². The maximum atomic E-state index is 12.3. The first-order chi connectivity index (χ1) is 9.92. The minimum atomic E-state index is -2.93. The molecule has 1 amide bonds. The second-order valence-corrected chi connectivity index (χ2v) is 4.76. The van der Waals surface area contributed by atoms with E-state index in [9.17, 15) is 18.4 Å². The summed E-state index contributed by atoms with van der Waals surface area (Å²) in [6, 6.07) is 4.59. The minimum absolute atomic E-state index is 0.0109. The summed E-state index contributed by atoms with van der Waals surface area (Å²) in [7, 11) is 1.26. The number of benzene rings is 1. The Kier molecular flexibility index (Phi) is 4.40. The van der Waals surface area contributed by atoms with Gasteiger partial charge in [0, 0.05) is 24.7 Å². The van der Waals surface area contributed by atoms with E-state index in [0.29, 0.717) is 11.3 Å². The van der Waals surface area contributed by atoms with E-state index in [0.717, 1.165) is 0 Å². The highest BCUT2D eigenvalue weighted by atomic mass is 19.3. The molecule has 1 aromatic rings. The standard InChI is InChI=1S/C14H15F2NO4/c1-8-3-4-10(6-11(8)21-14(15)16)17-7-9(5-12(17)18)13(19)20-2/h3-4,6,9,14H,5,7H2,1-2H3. The number of hydrogen-bond acceptors (Lipinski definition) is 4. The van der Waals surface area contributed by atoms with Crippen LogP contribution in [0.4, 0.5) is 14.5 Å². The third kappa shape index (κ3) is 3.29. The Morgan fingerprint density at radius 1 is 1.43 bits per heavy atom. The molecule has 0 N–H and O–H groups in total. The van der Waals surface area contributed by atoms with Crippen molar-refractivity contribution in [3.63, 3.8) is 0 Å². The Labute approximate surface area is 120 Å². The first kappa shape index (κ1) is 15.2. The lowest BCUT2D eigenvalue weighted by molar-refractivity contribution is -0.145. The topological polar surface area (TPSA) is 55.8 Å². The van der Waals surface area contributed by atoms with Gasteiger partial charge in [-0.2, -0.15) is 8.78 Å². The Hall–Kier alpha value is -2.18. The molecule has 1 aliphatic rings. The van der Waals surface area contributed by atoms with Gasteiger partial charge in [0.25, 0.3) is 0 Å². The summed E-state index contributed by atoms with van der Waals surface area (Å²) in [6.07, 6.45) is 0.0472. The van der Waals surface area contributed by atoms with Gasteiger partial charge in [-0.1, -0.05) is 6.07 Å². The van der Waals surface area contributed by atoms with Crippen molar-refractivity contribution in [2.75, 3.05) is 18.6 Å². The van der Waals surface area contributed by atoms with Crippen LogP contribution in [0, 0.1) is 12.8 Å². The second kappa shape index (κ2) is 6.07. The minimum Gasteiger partial charge on any atom is -0.469 e. The average molecular weight is 299 g/mol. The number of carbonyl (C=O) groups excluding carboxylic acids is 2. The molecule has 1 aliphatic heterocycles. The molecule has 1 aromatic carbocycles. The fourth-order valence-corrected chi connectivity index (χ4v) is 2.26. The van der Waals surface area contributed by atoms with Crippen LogP contribution in [0.25, 0.3) is 0 Å². The molecule has 1 saturated heterocycles. The molecular formula is C14H15F2NO4. The molecule has 0 bridgehead atoms. The van der Waals surface area contributed by atoms with E-state index >= 15 is 0 Å². The fourth-order valence-electron chi connectivity index (χ4n) is 2.26. The zero-order chi connectivity index (χ0) is 15.6. The molecule has 0 aromatic heterocycles. The number of esters is 1. The van der Waals surface area contributed by atoms with E-state index in [1.54, 1.807) is 19.1 Å². The molecule has 0 aliphatic carbocycles. The van der Waals surface area contributed by atoms with Crippen molar-refractivity contribution in [1.29, 1.82) is 0 Å². The van der Waals surface area contributed by atoms with Gasteiger partial charge < -0.3 is 14.4 Å². The molecule has 1 unspecified atom stereocenters. The van der Waals surface area contributed by atoms with Gasteiger partial charge in [0.05, 0.1) is 13.0 Å². The van der Waals surface area contributed by atoms with Gasteiger partial charge in [-0.25, -0.2) is 0 Å². The van der Waals surface area contributed by atoms with Gasteiger partial charge >= 0.3 is 12.6 Å². The second-order valence-electron chi connectivity index (χ2n) is 4.76. The molecular weight excluding hydrogens is 284 g/mol. The molecule has 2 rings (SSSR count). The quantitative estimate of drug-likeness (QED) is 0.799. The highest BCUT2D eigenvalue weighted by Crippen LogP contribution is 2.31. The zero-order valence-electron chi connectivity index (χ0n) is 11.6. The van der Waals surface area contributed by atoms with E-state index in [2.05, 4.69) is 9.47 Å². The van der Waals surface area contributed by atoms with Gasteiger partial charge in [-0.15, -0.1) is 0 Å². The third-order valence-electron chi connectivity index (χ3n) is 3.36. The fraction of sp³-hybridized carbons (Fsp3) is 0.429. The number of halogens is 2. The summed E-state index contributed by atoms with van der Waals surface area (Å²) in [5.74, 6) is -1.24. The summed E-state index contributed by atoms with van der Waals surface area (Å²) >= 11 is 0. The van der Waals surface area contributed by atoms with Crippen molar-refractivity contribution in [1.82, 2.24) is 0 Å². The number of amides is 1. The first-order valence-corrected chi connectivity index (χ1v) is 6.36. The number of aryl methyl sites for hydroxylation is 1. The molecule has 1 fully saturated rings. The van der Waals surface area contributed by atoms with Gasteiger partial charge in [0.2, 0.25) is 5.91 Å². The van der Waals surface area contributed by atoms with Gasteiger partial charge in [0.1, 0.15) is 5.75 Å². The van der Waals surface area contributed by atoms with Crippen LogP contribution >= 0.6 is 0 Å². The summed E-state index contributed by atoms with van der Waals surface area (Å²) < 4.78 is 33.7. The van der Waals surface area contributed by atoms with Gasteiger partial charge in [-0.05, 0) is 18.6 Å². The largest absolute Gasteiger partial charge is 0.469 e. The Morgan fingerprint density at radius 2 is 2.14 bits per heavy atom. The van der Waals surface area contributed by atoms with Crippen LogP contribution in [0.2, 0.25) is 0 Å². The lowest BCUT2D eigenvalue weighted by atomic mass is 10.1. The maximum absolute atomic E-state index is 12.3. The maximum Gasteiger partial charge on any atom is 0.387 e. The van der Waals surface area contributed by atoms with Crippen molar-refractivity contribution in [3.05, 3.63) is 23.8 Å². The molecule has 5 nitrogen and oxygen atoms in total. The van der Waals surface area contributed by atoms with Crippen molar-refractivity contribution >= 4 is 17.6 Å². The van der Waals surface area contributed by atoms with Crippen LogP contribution in [-0.4, -0.2) is 32.1 Å².